The summed E-state index contributed by atoms with van der Waals surface area (Å²) in [6.45, 7) is 0.780. The van der Waals surface area contributed by atoms with E-state index in [2.05, 4.69) is 22.1 Å². The molecule has 0 spiro atoms. The molecule has 0 aliphatic rings. The molecule has 2 N–H and O–H groups in total. The van der Waals surface area contributed by atoms with Gasteiger partial charge in [-0.15, -0.1) is 0 Å². The maximum atomic E-state index is 12.1. The number of ether oxygens (including phenoxy) is 1. The number of hydrogen-bond acceptors (Lipinski definition) is 9. The summed E-state index contributed by atoms with van der Waals surface area (Å²) in [6, 6.07) is 11.1. The highest BCUT2D eigenvalue weighted by atomic mass is 16.5. The number of carbonyl (C=O) groups is 1. The third kappa shape index (κ3) is 4.46. The number of nitrogens with zero attached hydrogens (tertiary/aromatic N) is 6. The lowest BCUT2D eigenvalue weighted by atomic mass is 10.1. The van der Waals surface area contributed by atoms with Crippen molar-refractivity contribution >= 4 is 29.0 Å². The number of methoxy groups -OCH3 is 1. The number of anilines is 4. The molecule has 0 aliphatic heterocycles. The number of para-hydroxylation sites is 1. The van der Waals surface area contributed by atoms with Crippen LogP contribution in [0.5, 0.6) is 0 Å². The molecule has 1 aromatic carbocycles. The minimum absolute atomic E-state index is 0.269. The first-order valence-corrected chi connectivity index (χ1v) is 8.55. The molecular weight excluding hydrogens is 358 g/mol. The number of benzene rings is 1. The molecule has 9 heteroatoms. The molecule has 0 atom stereocenters. The minimum Gasteiger partial charge on any atom is -0.465 e. The smallest absolute Gasteiger partial charge is 0.339 e. The lowest BCUT2D eigenvalue weighted by Gasteiger charge is -2.27. The summed E-state index contributed by atoms with van der Waals surface area (Å²) in [7, 11) is 3.05. The van der Waals surface area contributed by atoms with E-state index in [0.717, 1.165) is 0 Å². The monoisotopic (exact) mass is 379 g/mol. The molecule has 2 aromatic rings. The van der Waals surface area contributed by atoms with Gasteiger partial charge in [0.1, 0.15) is 12.0 Å². The van der Waals surface area contributed by atoms with Crippen molar-refractivity contribution in [2.75, 3.05) is 42.8 Å². The second kappa shape index (κ2) is 9.74. The van der Waals surface area contributed by atoms with Gasteiger partial charge >= 0.3 is 5.97 Å². The van der Waals surface area contributed by atoms with Crippen LogP contribution >= 0.6 is 0 Å². The van der Waals surface area contributed by atoms with Crippen LogP contribution in [-0.2, 0) is 4.74 Å². The van der Waals surface area contributed by atoms with Gasteiger partial charge in [0, 0.05) is 20.1 Å². The van der Waals surface area contributed by atoms with Gasteiger partial charge in [0.2, 0.25) is 0 Å². The van der Waals surface area contributed by atoms with Crippen LogP contribution < -0.4 is 15.5 Å². The zero-order valence-corrected chi connectivity index (χ0v) is 15.8. The molecule has 0 aliphatic carbocycles. The first-order chi connectivity index (χ1) is 13.5. The van der Waals surface area contributed by atoms with Crippen LogP contribution in [0.1, 0.15) is 23.2 Å². The van der Waals surface area contributed by atoms with Gasteiger partial charge in [0.05, 0.1) is 43.3 Å². The molecule has 0 fully saturated rings. The Morgan fingerprint density at radius 2 is 1.75 bits per heavy atom. The van der Waals surface area contributed by atoms with Crippen molar-refractivity contribution < 1.29 is 9.53 Å². The number of hydrogen-bond donors (Lipinski definition) is 1. The predicted octanol–water partition coefficient (Wildman–Crippen LogP) is 2.25. The van der Waals surface area contributed by atoms with E-state index in [0.29, 0.717) is 41.7 Å². The van der Waals surface area contributed by atoms with E-state index in [1.807, 2.05) is 0 Å². The van der Waals surface area contributed by atoms with Gasteiger partial charge in [-0.2, -0.15) is 10.5 Å². The first kappa shape index (κ1) is 20.5. The third-order valence-corrected chi connectivity index (χ3v) is 4.12. The zero-order valence-electron chi connectivity index (χ0n) is 15.8. The quantitative estimate of drug-likeness (QED) is 0.685. The summed E-state index contributed by atoms with van der Waals surface area (Å²) in [5.74, 6) is 0.373. The van der Waals surface area contributed by atoms with Crippen molar-refractivity contribution in [1.82, 2.24) is 9.97 Å². The highest BCUT2D eigenvalue weighted by Crippen LogP contribution is 2.34. The molecular formula is C19H21N7O2. The van der Waals surface area contributed by atoms with Gasteiger partial charge in [-0.3, -0.25) is 0 Å². The topological polar surface area (TPSA) is 132 Å². The van der Waals surface area contributed by atoms with Crippen molar-refractivity contribution in [3.05, 3.63) is 36.2 Å². The Morgan fingerprint density at radius 3 is 2.36 bits per heavy atom. The Balaban J connectivity index is 2.45. The molecule has 0 unspecified atom stereocenters. The van der Waals surface area contributed by atoms with Crippen LogP contribution in [-0.4, -0.2) is 43.2 Å². The van der Waals surface area contributed by atoms with Crippen LogP contribution in [0, 0.1) is 22.7 Å². The first-order valence-electron chi connectivity index (χ1n) is 8.55. The number of esters is 1. The van der Waals surface area contributed by atoms with Gasteiger partial charge in [0.25, 0.3) is 0 Å². The molecule has 144 valence electrons. The highest BCUT2D eigenvalue weighted by molar-refractivity contribution is 5.97. The van der Waals surface area contributed by atoms with E-state index >= 15 is 0 Å². The van der Waals surface area contributed by atoms with Gasteiger partial charge in [-0.05, 0) is 12.1 Å². The maximum Gasteiger partial charge on any atom is 0.339 e. The predicted molar refractivity (Wildman–Crippen MR) is 105 cm³/mol. The summed E-state index contributed by atoms with van der Waals surface area (Å²) in [5, 5.41) is 17.8. The fourth-order valence-electron chi connectivity index (χ4n) is 2.75. The Labute approximate surface area is 163 Å². The maximum absolute atomic E-state index is 12.1. The minimum atomic E-state index is -0.472. The third-order valence-electron chi connectivity index (χ3n) is 4.12. The van der Waals surface area contributed by atoms with Crippen LogP contribution in [0.25, 0.3) is 0 Å². The van der Waals surface area contributed by atoms with Gasteiger partial charge < -0.3 is 20.3 Å². The van der Waals surface area contributed by atoms with Gasteiger partial charge in [-0.25, -0.2) is 14.8 Å². The van der Waals surface area contributed by atoms with Crippen molar-refractivity contribution in [1.29, 1.82) is 10.5 Å². The van der Waals surface area contributed by atoms with E-state index in [9.17, 15) is 4.79 Å². The van der Waals surface area contributed by atoms with E-state index in [1.54, 1.807) is 41.1 Å². The number of nitriles is 2. The second-order valence-corrected chi connectivity index (χ2v) is 5.81. The van der Waals surface area contributed by atoms with Crippen LogP contribution in [0.4, 0.5) is 23.0 Å². The molecule has 0 saturated carbocycles. The Morgan fingerprint density at radius 1 is 1.14 bits per heavy atom. The molecule has 28 heavy (non-hydrogen) atoms. The standard InChI is InChI=1S/C19H21N7O2/c1-25(15-8-4-3-7-14(15)19(27)28-2)17-16(22)18(24-13-23-17)26(11-5-9-20)12-6-10-21/h3-4,7-8,13H,5-6,11-12,22H2,1-2H3. The summed E-state index contributed by atoms with van der Waals surface area (Å²) >= 11 is 0. The van der Waals surface area contributed by atoms with Gasteiger partial charge in [0.15, 0.2) is 11.6 Å². The summed E-state index contributed by atoms with van der Waals surface area (Å²) in [6.07, 6.45) is 1.90. The fraction of sp³-hybridized carbons (Fsp3) is 0.316. The van der Waals surface area contributed by atoms with E-state index in [1.165, 1.54) is 13.4 Å². The Bertz CT molecular complexity index is 899. The second-order valence-electron chi connectivity index (χ2n) is 5.81. The molecule has 1 heterocycles. The summed E-state index contributed by atoms with van der Waals surface area (Å²) in [4.78, 5) is 24.1. The molecule has 2 rings (SSSR count). The number of rotatable bonds is 8. The summed E-state index contributed by atoms with van der Waals surface area (Å²) in [5.41, 5.74) is 7.57. The van der Waals surface area contributed by atoms with Crippen molar-refractivity contribution in [3.63, 3.8) is 0 Å². The molecule has 1 aromatic heterocycles. The average Bonchev–Trinajstić information content (AvgIpc) is 2.73. The molecule has 0 saturated heterocycles. The lowest BCUT2D eigenvalue weighted by molar-refractivity contribution is 0.0601. The van der Waals surface area contributed by atoms with Crippen molar-refractivity contribution in [2.24, 2.45) is 0 Å². The number of nitrogen functional groups attached to an aromatic ring is 1. The van der Waals surface area contributed by atoms with Crippen LogP contribution in [0.3, 0.4) is 0 Å². The van der Waals surface area contributed by atoms with E-state index in [4.69, 9.17) is 21.0 Å². The van der Waals surface area contributed by atoms with Crippen LogP contribution in [0.2, 0.25) is 0 Å². The Hall–Kier alpha value is -3.85. The molecule has 0 radical (unpaired) electrons. The van der Waals surface area contributed by atoms with Gasteiger partial charge in [-0.1, -0.05) is 12.1 Å². The molecule has 9 nitrogen and oxygen atoms in total. The normalized spacial score (nSPS) is 9.86. The Kier molecular flexibility index (Phi) is 7.12. The van der Waals surface area contributed by atoms with Crippen molar-refractivity contribution in [3.8, 4) is 12.1 Å². The molecule has 0 amide bonds. The highest BCUT2D eigenvalue weighted by Gasteiger charge is 2.21. The average molecular weight is 379 g/mol. The van der Waals surface area contributed by atoms with E-state index < -0.39 is 5.97 Å². The SMILES string of the molecule is COC(=O)c1ccccc1N(C)c1ncnc(N(CCC#N)CCC#N)c1N. The van der Waals surface area contributed by atoms with Crippen LogP contribution in [0.15, 0.2) is 30.6 Å². The number of aromatic nitrogens is 2. The lowest BCUT2D eigenvalue weighted by Crippen LogP contribution is -2.28. The number of carbonyl (C=O) groups excluding carboxylic acids is 1. The fourth-order valence-corrected chi connectivity index (χ4v) is 2.75. The molecule has 0 bridgehead atoms. The summed E-state index contributed by atoms with van der Waals surface area (Å²) < 4.78 is 4.84. The largest absolute Gasteiger partial charge is 0.465 e. The zero-order chi connectivity index (χ0) is 20.5. The van der Waals surface area contributed by atoms with E-state index in [-0.39, 0.29) is 12.8 Å². The number of nitrogens with two attached hydrogens (primary N) is 1. The van der Waals surface area contributed by atoms with Crippen molar-refractivity contribution in [2.45, 2.75) is 12.8 Å².